The molecule has 2 aromatic rings. The summed E-state index contributed by atoms with van der Waals surface area (Å²) < 4.78 is 13.9. The molecule has 2 rings (SSSR count). The molecule has 0 aromatic heterocycles. The zero-order valence-corrected chi connectivity index (χ0v) is 12.9. The van der Waals surface area contributed by atoms with Crippen molar-refractivity contribution in [1.29, 1.82) is 0 Å². The Bertz CT molecular complexity index is 610. The first kappa shape index (κ1) is 15.7. The van der Waals surface area contributed by atoms with Crippen LogP contribution in [0.3, 0.4) is 0 Å². The van der Waals surface area contributed by atoms with E-state index in [0.717, 1.165) is 17.7 Å². The molecule has 21 heavy (non-hydrogen) atoms. The summed E-state index contributed by atoms with van der Waals surface area (Å²) in [5, 5.41) is 0. The van der Waals surface area contributed by atoms with E-state index < -0.39 is 0 Å². The summed E-state index contributed by atoms with van der Waals surface area (Å²) in [6.45, 7) is 5.47. The van der Waals surface area contributed by atoms with Crippen molar-refractivity contribution in [3.63, 3.8) is 0 Å². The predicted octanol–water partition coefficient (Wildman–Crippen LogP) is 3.79. The third-order valence-corrected chi connectivity index (χ3v) is 4.08. The van der Waals surface area contributed by atoms with Crippen LogP contribution in [0, 0.1) is 12.7 Å². The molecule has 0 amide bonds. The number of nitrogens with two attached hydrogens (primary N) is 1. The smallest absolute Gasteiger partial charge is 0.127 e. The van der Waals surface area contributed by atoms with Crippen LogP contribution in [0.25, 0.3) is 0 Å². The molecule has 2 aromatic carbocycles. The normalized spacial score (nSPS) is 12.7. The molecule has 0 saturated carbocycles. The fraction of sp³-hybridized carbons (Fsp3) is 0.333. The second kappa shape index (κ2) is 6.83. The molecule has 0 aliphatic carbocycles. The lowest BCUT2D eigenvalue weighted by molar-refractivity contribution is 0.247. The summed E-state index contributed by atoms with van der Waals surface area (Å²) in [7, 11) is 2.02. The molecule has 112 valence electrons. The van der Waals surface area contributed by atoms with Crippen LogP contribution in [0.1, 0.15) is 35.2 Å². The zero-order valence-electron chi connectivity index (χ0n) is 12.9. The van der Waals surface area contributed by atoms with E-state index in [0.29, 0.717) is 6.54 Å². The molecule has 0 radical (unpaired) electrons. The van der Waals surface area contributed by atoms with Crippen molar-refractivity contribution >= 4 is 0 Å². The fourth-order valence-corrected chi connectivity index (χ4v) is 2.52. The van der Waals surface area contributed by atoms with E-state index in [4.69, 9.17) is 5.73 Å². The topological polar surface area (TPSA) is 29.3 Å². The van der Waals surface area contributed by atoms with Gasteiger partial charge in [0.2, 0.25) is 0 Å². The van der Waals surface area contributed by atoms with Crippen molar-refractivity contribution < 1.29 is 4.39 Å². The fourth-order valence-electron chi connectivity index (χ4n) is 2.52. The number of halogens is 1. The van der Waals surface area contributed by atoms with E-state index in [1.165, 1.54) is 17.2 Å². The minimum Gasteiger partial charge on any atom is -0.326 e. The van der Waals surface area contributed by atoms with Gasteiger partial charge in [0.1, 0.15) is 5.82 Å². The molecule has 0 heterocycles. The van der Waals surface area contributed by atoms with Gasteiger partial charge in [-0.2, -0.15) is 0 Å². The predicted molar refractivity (Wildman–Crippen MR) is 85.4 cm³/mol. The van der Waals surface area contributed by atoms with Crippen LogP contribution in [0.5, 0.6) is 0 Å². The third kappa shape index (κ3) is 3.69. The van der Waals surface area contributed by atoms with Gasteiger partial charge in [0.15, 0.2) is 0 Å². The van der Waals surface area contributed by atoms with Gasteiger partial charge in [-0.05, 0) is 43.7 Å². The van der Waals surface area contributed by atoms with Gasteiger partial charge < -0.3 is 5.73 Å². The lowest BCUT2D eigenvalue weighted by Gasteiger charge is -2.26. The highest BCUT2D eigenvalue weighted by molar-refractivity contribution is 5.31. The Hall–Kier alpha value is -1.71. The molecule has 0 aliphatic rings. The number of rotatable bonds is 5. The first-order valence-electron chi connectivity index (χ1n) is 7.26. The van der Waals surface area contributed by atoms with E-state index in [-0.39, 0.29) is 11.9 Å². The maximum Gasteiger partial charge on any atom is 0.127 e. The molecule has 1 atom stereocenters. The highest BCUT2D eigenvalue weighted by Crippen LogP contribution is 2.24. The van der Waals surface area contributed by atoms with E-state index in [1.54, 1.807) is 6.07 Å². The van der Waals surface area contributed by atoms with Gasteiger partial charge in [0.25, 0.3) is 0 Å². The Morgan fingerprint density at radius 3 is 2.52 bits per heavy atom. The van der Waals surface area contributed by atoms with Crippen LogP contribution in [0.15, 0.2) is 42.5 Å². The van der Waals surface area contributed by atoms with Gasteiger partial charge in [-0.3, -0.25) is 4.90 Å². The molecular formula is C18H23FN2. The first-order valence-corrected chi connectivity index (χ1v) is 7.26. The van der Waals surface area contributed by atoms with Gasteiger partial charge in [0.05, 0.1) is 0 Å². The van der Waals surface area contributed by atoms with Crippen LogP contribution in [0.4, 0.5) is 4.39 Å². The van der Waals surface area contributed by atoms with Crippen molar-refractivity contribution in [2.45, 2.75) is 33.0 Å². The molecule has 0 fully saturated rings. The molecule has 0 aliphatic heterocycles. The number of nitrogens with zero attached hydrogens (tertiary/aromatic N) is 1. The average molecular weight is 286 g/mol. The monoisotopic (exact) mass is 286 g/mol. The molecule has 0 spiro atoms. The van der Waals surface area contributed by atoms with E-state index in [2.05, 4.69) is 30.0 Å². The molecule has 0 saturated heterocycles. The maximum absolute atomic E-state index is 13.9. The quantitative estimate of drug-likeness (QED) is 0.906. The Labute approximate surface area is 126 Å². The molecule has 0 bridgehead atoms. The van der Waals surface area contributed by atoms with Gasteiger partial charge in [0, 0.05) is 24.7 Å². The van der Waals surface area contributed by atoms with Crippen molar-refractivity contribution in [3.8, 4) is 0 Å². The van der Waals surface area contributed by atoms with Gasteiger partial charge in [-0.15, -0.1) is 0 Å². The number of hydrogen-bond donors (Lipinski definition) is 1. The summed E-state index contributed by atoms with van der Waals surface area (Å²) in [6, 6.07) is 13.3. The summed E-state index contributed by atoms with van der Waals surface area (Å²) in [5.74, 6) is -0.146. The Morgan fingerprint density at radius 1 is 1.19 bits per heavy atom. The number of aryl methyl sites for hydroxylation is 1. The van der Waals surface area contributed by atoms with Crippen molar-refractivity contribution in [1.82, 2.24) is 4.90 Å². The largest absolute Gasteiger partial charge is 0.326 e. The highest BCUT2D eigenvalue weighted by Gasteiger charge is 2.16. The van der Waals surface area contributed by atoms with Gasteiger partial charge in [-0.25, -0.2) is 4.39 Å². The van der Waals surface area contributed by atoms with E-state index in [1.807, 2.05) is 26.1 Å². The van der Waals surface area contributed by atoms with Crippen LogP contribution >= 0.6 is 0 Å². The lowest BCUT2D eigenvalue weighted by atomic mass is 10.0. The second-order valence-corrected chi connectivity index (χ2v) is 5.58. The SMILES string of the molecule is Cc1cc(CN)ccc1CN(C)C(C)c1ccccc1F. The summed E-state index contributed by atoms with van der Waals surface area (Å²) in [6.07, 6.45) is 0. The van der Waals surface area contributed by atoms with E-state index >= 15 is 0 Å². The lowest BCUT2D eigenvalue weighted by Crippen LogP contribution is -2.23. The first-order chi connectivity index (χ1) is 10.0. The van der Waals surface area contributed by atoms with Gasteiger partial charge in [-0.1, -0.05) is 36.4 Å². The summed E-state index contributed by atoms with van der Waals surface area (Å²) in [5.41, 5.74) is 10.0. The van der Waals surface area contributed by atoms with Gasteiger partial charge >= 0.3 is 0 Å². The number of hydrogen-bond acceptors (Lipinski definition) is 2. The average Bonchev–Trinajstić information content (AvgIpc) is 2.49. The van der Waals surface area contributed by atoms with Crippen molar-refractivity contribution in [2.24, 2.45) is 5.73 Å². The standard InChI is InChI=1S/C18H23FN2/c1-13-10-15(11-20)8-9-16(13)12-21(3)14(2)17-6-4-5-7-18(17)19/h4-10,14H,11-12,20H2,1-3H3. The third-order valence-electron chi connectivity index (χ3n) is 4.08. The minimum atomic E-state index is -0.146. The molecule has 1 unspecified atom stereocenters. The zero-order chi connectivity index (χ0) is 15.4. The molecular weight excluding hydrogens is 263 g/mol. The van der Waals surface area contributed by atoms with E-state index in [9.17, 15) is 4.39 Å². The maximum atomic E-state index is 13.9. The summed E-state index contributed by atoms with van der Waals surface area (Å²) in [4.78, 5) is 2.16. The van der Waals surface area contributed by atoms with Crippen molar-refractivity contribution in [2.75, 3.05) is 7.05 Å². The highest BCUT2D eigenvalue weighted by atomic mass is 19.1. The minimum absolute atomic E-state index is 0.0276. The van der Waals surface area contributed by atoms with Crippen molar-refractivity contribution in [3.05, 3.63) is 70.5 Å². The van der Waals surface area contributed by atoms with Crippen LogP contribution in [-0.4, -0.2) is 11.9 Å². The second-order valence-electron chi connectivity index (χ2n) is 5.58. The Kier molecular flexibility index (Phi) is 5.10. The van der Waals surface area contributed by atoms with Crippen LogP contribution < -0.4 is 5.73 Å². The number of benzene rings is 2. The van der Waals surface area contributed by atoms with Crippen LogP contribution in [-0.2, 0) is 13.1 Å². The Morgan fingerprint density at radius 2 is 1.90 bits per heavy atom. The molecule has 2 N–H and O–H groups in total. The Balaban J connectivity index is 2.14. The van der Waals surface area contributed by atoms with Crippen LogP contribution in [0.2, 0.25) is 0 Å². The molecule has 2 nitrogen and oxygen atoms in total. The summed E-state index contributed by atoms with van der Waals surface area (Å²) >= 11 is 0. The molecule has 3 heteroatoms.